The Hall–Kier alpha value is -2.73. The van der Waals surface area contributed by atoms with Crippen molar-refractivity contribution >= 4 is 11.7 Å². The van der Waals surface area contributed by atoms with Crippen LogP contribution in [0.3, 0.4) is 0 Å². The van der Waals surface area contributed by atoms with E-state index in [0.29, 0.717) is 18.5 Å². The number of rotatable bonds is 3. The van der Waals surface area contributed by atoms with E-state index < -0.39 is 11.7 Å². The van der Waals surface area contributed by atoms with Crippen molar-refractivity contribution in [3.63, 3.8) is 0 Å². The maximum absolute atomic E-state index is 14.4. The second-order valence-corrected chi connectivity index (χ2v) is 7.39. The highest BCUT2D eigenvalue weighted by atomic mass is 19.1. The van der Waals surface area contributed by atoms with Crippen LogP contribution in [0.25, 0.3) is 0 Å². The second-order valence-electron chi connectivity index (χ2n) is 7.39. The average molecular weight is 364 g/mol. The van der Waals surface area contributed by atoms with Gasteiger partial charge in [-0.1, -0.05) is 24.3 Å². The third kappa shape index (κ3) is 2.90. The van der Waals surface area contributed by atoms with Gasteiger partial charge in [-0.25, -0.2) is 9.38 Å². The number of amides is 1. The van der Waals surface area contributed by atoms with Crippen molar-refractivity contribution in [2.45, 2.75) is 25.8 Å². The number of aliphatic imine (C=N–C) groups is 1. The maximum atomic E-state index is 14.4. The normalized spacial score (nSPS) is 22.2. The number of carbonyl (C=O) groups excluding carboxylic acids is 1. The Labute approximate surface area is 157 Å². The lowest BCUT2D eigenvalue weighted by atomic mass is 10.1. The molecule has 138 valence electrons. The van der Waals surface area contributed by atoms with Gasteiger partial charge in [-0.2, -0.15) is 0 Å². The largest absolute Gasteiger partial charge is 0.324 e. The van der Waals surface area contributed by atoms with Crippen molar-refractivity contribution in [2.24, 2.45) is 4.99 Å². The summed E-state index contributed by atoms with van der Waals surface area (Å²) in [5.41, 5.74) is 4.19. The molecule has 0 aliphatic carbocycles. The summed E-state index contributed by atoms with van der Waals surface area (Å²) in [4.78, 5) is 20.8. The number of halogens is 1. The number of carbonyl (C=O) groups is 1. The van der Waals surface area contributed by atoms with Crippen molar-refractivity contribution in [2.75, 3.05) is 19.6 Å². The Balaban J connectivity index is 1.45. The molecule has 4 aliphatic heterocycles. The first kappa shape index (κ1) is 16.4. The second kappa shape index (κ2) is 6.46. The zero-order valence-corrected chi connectivity index (χ0v) is 15.0. The molecule has 5 nitrogen and oxygen atoms in total. The molecule has 0 saturated carbocycles. The van der Waals surface area contributed by atoms with Gasteiger partial charge in [0.05, 0.1) is 11.3 Å². The molecule has 0 unspecified atom stereocenters. The van der Waals surface area contributed by atoms with Crippen LogP contribution in [-0.2, 0) is 11.3 Å². The summed E-state index contributed by atoms with van der Waals surface area (Å²) in [6.45, 7) is 4.02. The molecular formula is C21H21FN4O. The number of likely N-dealkylation sites (tertiary alicyclic amines) is 1. The fourth-order valence-electron chi connectivity index (χ4n) is 4.26. The van der Waals surface area contributed by atoms with Crippen LogP contribution in [0.2, 0.25) is 0 Å². The Morgan fingerprint density at radius 2 is 1.89 bits per heavy atom. The van der Waals surface area contributed by atoms with Crippen molar-refractivity contribution in [1.82, 2.24) is 15.1 Å². The third-order valence-electron chi connectivity index (χ3n) is 5.57. The summed E-state index contributed by atoms with van der Waals surface area (Å²) in [5.74, 6) is -0.145. The van der Waals surface area contributed by atoms with Crippen LogP contribution >= 0.6 is 0 Å². The summed E-state index contributed by atoms with van der Waals surface area (Å²) in [6.07, 6.45) is 5.79. The predicted molar refractivity (Wildman–Crippen MR) is 101 cm³/mol. The molecule has 27 heavy (non-hydrogen) atoms. The van der Waals surface area contributed by atoms with Gasteiger partial charge in [-0.15, -0.1) is 0 Å². The molecule has 1 fully saturated rings. The van der Waals surface area contributed by atoms with Crippen LogP contribution in [-0.4, -0.2) is 41.2 Å². The standard InChI is InChI=1S/C21H21FN4O/c22-17-11-19(27)24-18-7-10-26-20(18)16(17)12-23-21(26)15-5-3-14(4-6-15)13-25-8-1-2-9-25/h3-6,11-12H,1-2,7-10,13H2,(H,24,27). The molecule has 1 N–H and O–H groups in total. The van der Waals surface area contributed by atoms with Crippen LogP contribution in [0.4, 0.5) is 4.39 Å². The predicted octanol–water partition coefficient (Wildman–Crippen LogP) is 2.83. The van der Waals surface area contributed by atoms with Gasteiger partial charge in [-0.3, -0.25) is 9.69 Å². The van der Waals surface area contributed by atoms with E-state index in [1.807, 2.05) is 4.90 Å². The highest BCUT2D eigenvalue weighted by molar-refractivity contribution is 6.03. The molecule has 0 bridgehead atoms. The molecule has 0 spiro atoms. The number of benzene rings is 1. The minimum atomic E-state index is -0.534. The summed E-state index contributed by atoms with van der Waals surface area (Å²) in [5, 5.41) is 2.80. The van der Waals surface area contributed by atoms with Gasteiger partial charge in [0.1, 0.15) is 11.7 Å². The first-order valence-corrected chi connectivity index (χ1v) is 9.48. The molecule has 4 aliphatic rings. The SMILES string of the molecule is O=C1C=C(F)C2=CN=C(c3ccc(CN4CCCC4)cc3)N3CCC(=C23)N1. The molecule has 1 saturated heterocycles. The van der Waals surface area contributed by atoms with E-state index in [9.17, 15) is 9.18 Å². The van der Waals surface area contributed by atoms with E-state index in [1.165, 1.54) is 37.7 Å². The molecule has 0 aromatic heterocycles. The topological polar surface area (TPSA) is 47.9 Å². The van der Waals surface area contributed by atoms with Crippen LogP contribution in [0.1, 0.15) is 30.4 Å². The van der Waals surface area contributed by atoms with Crippen LogP contribution < -0.4 is 5.32 Å². The Morgan fingerprint density at radius 3 is 2.67 bits per heavy atom. The quantitative estimate of drug-likeness (QED) is 0.897. The molecule has 5 rings (SSSR count). The van der Waals surface area contributed by atoms with Crippen LogP contribution in [0.15, 0.2) is 64.3 Å². The molecular weight excluding hydrogens is 343 g/mol. The molecule has 1 aromatic rings. The zero-order chi connectivity index (χ0) is 18.4. The minimum Gasteiger partial charge on any atom is -0.324 e. The molecule has 1 aromatic carbocycles. The monoisotopic (exact) mass is 364 g/mol. The molecule has 0 radical (unpaired) electrons. The number of amidine groups is 1. The van der Waals surface area contributed by atoms with Crippen molar-refractivity contribution < 1.29 is 9.18 Å². The number of nitrogens with zero attached hydrogens (tertiary/aromatic N) is 3. The lowest BCUT2D eigenvalue weighted by Gasteiger charge is -2.28. The van der Waals surface area contributed by atoms with Gasteiger partial charge in [0, 0.05) is 43.0 Å². The first-order valence-electron chi connectivity index (χ1n) is 9.48. The molecule has 1 amide bonds. The van der Waals surface area contributed by atoms with Gasteiger partial charge in [0.25, 0.3) is 5.91 Å². The average Bonchev–Trinajstić information content (AvgIpc) is 3.29. The fourth-order valence-corrected chi connectivity index (χ4v) is 4.26. The summed E-state index contributed by atoms with van der Waals surface area (Å²) in [7, 11) is 0. The maximum Gasteiger partial charge on any atom is 0.251 e. The van der Waals surface area contributed by atoms with Gasteiger partial charge in [0.2, 0.25) is 0 Å². The van der Waals surface area contributed by atoms with E-state index >= 15 is 0 Å². The van der Waals surface area contributed by atoms with Crippen LogP contribution in [0.5, 0.6) is 0 Å². The van der Waals surface area contributed by atoms with E-state index in [-0.39, 0.29) is 0 Å². The zero-order valence-electron chi connectivity index (χ0n) is 15.0. The summed E-state index contributed by atoms with van der Waals surface area (Å²) >= 11 is 0. The number of allylic oxidation sites excluding steroid dienone is 1. The Kier molecular flexibility index (Phi) is 3.93. The fraction of sp³-hybridized carbons (Fsp3) is 0.333. The van der Waals surface area contributed by atoms with Crippen molar-refractivity contribution in [3.8, 4) is 0 Å². The lowest BCUT2D eigenvalue weighted by molar-refractivity contribution is -0.115. The smallest absolute Gasteiger partial charge is 0.251 e. The summed E-state index contributed by atoms with van der Waals surface area (Å²) in [6, 6.07) is 8.47. The van der Waals surface area contributed by atoms with E-state index in [4.69, 9.17) is 0 Å². The van der Waals surface area contributed by atoms with Crippen molar-refractivity contribution in [1.29, 1.82) is 0 Å². The minimum absolute atomic E-state index is 0.384. The Morgan fingerprint density at radius 1 is 1.11 bits per heavy atom. The number of nitrogens with one attached hydrogen (secondary N) is 1. The molecule has 0 atom stereocenters. The first-order chi connectivity index (χ1) is 13.2. The molecule has 4 heterocycles. The van der Waals surface area contributed by atoms with Gasteiger partial charge in [0.15, 0.2) is 0 Å². The number of hydrogen-bond acceptors (Lipinski definition) is 4. The van der Waals surface area contributed by atoms with Crippen molar-refractivity contribution in [3.05, 3.63) is 70.5 Å². The van der Waals surface area contributed by atoms with Gasteiger partial charge >= 0.3 is 0 Å². The van der Waals surface area contributed by atoms with E-state index in [0.717, 1.165) is 35.4 Å². The Bertz CT molecular complexity index is 920. The highest BCUT2D eigenvalue weighted by Gasteiger charge is 2.35. The van der Waals surface area contributed by atoms with Crippen LogP contribution in [0, 0.1) is 0 Å². The lowest BCUT2D eigenvalue weighted by Crippen LogP contribution is -2.31. The van der Waals surface area contributed by atoms with Gasteiger partial charge in [-0.05, 0) is 31.5 Å². The third-order valence-corrected chi connectivity index (χ3v) is 5.57. The van der Waals surface area contributed by atoms with Gasteiger partial charge < -0.3 is 10.2 Å². The highest BCUT2D eigenvalue weighted by Crippen LogP contribution is 2.37. The van der Waals surface area contributed by atoms with E-state index in [2.05, 4.69) is 39.5 Å². The number of hydrogen-bond donors (Lipinski definition) is 1. The molecule has 6 heteroatoms. The van der Waals surface area contributed by atoms with E-state index in [1.54, 1.807) is 0 Å². The summed E-state index contributed by atoms with van der Waals surface area (Å²) < 4.78 is 14.4.